The molecule has 0 rings (SSSR count). The summed E-state index contributed by atoms with van der Waals surface area (Å²) < 4.78 is 0. The van der Waals surface area contributed by atoms with Gasteiger partial charge in [0.25, 0.3) is 0 Å². The van der Waals surface area contributed by atoms with Gasteiger partial charge in [-0.25, -0.2) is 0 Å². The van der Waals surface area contributed by atoms with E-state index in [4.69, 9.17) is 20.1 Å². The van der Waals surface area contributed by atoms with Crippen molar-refractivity contribution < 1.29 is 37.2 Å². The van der Waals surface area contributed by atoms with Crippen molar-refractivity contribution in [1.29, 1.82) is 0 Å². The minimum absolute atomic E-state index is 0. The van der Waals surface area contributed by atoms with Crippen LogP contribution in [0.2, 0.25) is 0 Å². The van der Waals surface area contributed by atoms with Crippen molar-refractivity contribution in [2.45, 2.75) is 26.2 Å². The summed E-state index contributed by atoms with van der Waals surface area (Å²) in [6, 6.07) is 0. The SMILES string of the molecule is CCCCCO.O=C([O-])[O-].[Cu+2]. The van der Waals surface area contributed by atoms with Gasteiger partial charge in [-0.15, -0.1) is 0 Å². The van der Waals surface area contributed by atoms with Gasteiger partial charge in [-0.2, -0.15) is 0 Å². The minimum Gasteiger partial charge on any atom is -0.652 e. The minimum atomic E-state index is -2.33. The molecule has 4 nitrogen and oxygen atoms in total. The molecule has 11 heavy (non-hydrogen) atoms. The second-order valence-electron chi connectivity index (χ2n) is 1.68. The van der Waals surface area contributed by atoms with Crippen LogP contribution in [0.1, 0.15) is 26.2 Å². The molecule has 1 radical (unpaired) electrons. The van der Waals surface area contributed by atoms with E-state index in [2.05, 4.69) is 6.92 Å². The predicted molar refractivity (Wildman–Crippen MR) is 32.0 cm³/mol. The van der Waals surface area contributed by atoms with Gasteiger partial charge in [0, 0.05) is 6.61 Å². The smallest absolute Gasteiger partial charge is 0.652 e. The fourth-order valence-corrected chi connectivity index (χ4v) is 0.362. The van der Waals surface area contributed by atoms with Crippen LogP contribution in [0.4, 0.5) is 4.79 Å². The standard InChI is InChI=1S/C5H12O.CH2O3.Cu/c1-2-3-4-5-6;2-1(3)4;/h6H,2-5H2,1H3;(H2,2,3,4);/q;;+2/p-2. The van der Waals surface area contributed by atoms with Crippen LogP contribution < -0.4 is 10.2 Å². The van der Waals surface area contributed by atoms with Gasteiger partial charge < -0.3 is 20.1 Å². The van der Waals surface area contributed by atoms with Crippen molar-refractivity contribution in [1.82, 2.24) is 0 Å². The summed E-state index contributed by atoms with van der Waals surface area (Å²) in [4.78, 5) is 8.33. The molecule has 0 heterocycles. The van der Waals surface area contributed by atoms with Crippen molar-refractivity contribution in [3.63, 3.8) is 0 Å². The van der Waals surface area contributed by atoms with Gasteiger partial charge in [0.2, 0.25) is 0 Å². The van der Waals surface area contributed by atoms with Crippen molar-refractivity contribution >= 4 is 6.16 Å². The maximum Gasteiger partial charge on any atom is 2.00 e. The molecular weight excluding hydrogens is 200 g/mol. The van der Waals surface area contributed by atoms with Crippen LogP contribution in [-0.2, 0) is 17.1 Å². The monoisotopic (exact) mass is 211 g/mol. The number of rotatable bonds is 3. The summed E-state index contributed by atoms with van der Waals surface area (Å²) in [6.07, 6.45) is 0.994. The molecule has 1 N–H and O–H groups in total. The maximum absolute atomic E-state index is 8.33. The molecule has 0 aliphatic carbocycles. The predicted octanol–water partition coefficient (Wildman–Crippen LogP) is -1.28. The van der Waals surface area contributed by atoms with Crippen molar-refractivity contribution in [3.05, 3.63) is 0 Å². The molecule has 0 aromatic rings. The summed E-state index contributed by atoms with van der Waals surface area (Å²) in [6.45, 7) is 2.48. The molecule has 5 heteroatoms. The molecule has 71 valence electrons. The Bertz CT molecular complexity index is 69.0. The number of aliphatic hydroxyl groups is 1. The number of aliphatic hydroxyl groups excluding tert-OH is 1. The molecule has 0 saturated carbocycles. The van der Waals surface area contributed by atoms with Crippen LogP contribution in [0, 0.1) is 0 Å². The van der Waals surface area contributed by atoms with Gasteiger partial charge in [0.05, 0.1) is 0 Å². The van der Waals surface area contributed by atoms with E-state index in [1.165, 1.54) is 6.42 Å². The Morgan fingerprint density at radius 2 is 1.73 bits per heavy atom. The number of carbonyl (C=O) groups is 1. The normalized spacial score (nSPS) is 7.09. The van der Waals surface area contributed by atoms with Crippen LogP contribution in [0.5, 0.6) is 0 Å². The van der Waals surface area contributed by atoms with Crippen molar-refractivity contribution in [3.8, 4) is 0 Å². The molecule has 0 aliphatic heterocycles. The number of hydrogen-bond donors (Lipinski definition) is 1. The fraction of sp³-hybridized carbons (Fsp3) is 0.833. The Labute approximate surface area is 76.7 Å². The summed E-state index contributed by atoms with van der Waals surface area (Å²) in [5, 5.41) is 24.9. The third kappa shape index (κ3) is 77.5. The second kappa shape index (κ2) is 16.4. The van der Waals surface area contributed by atoms with Gasteiger partial charge >= 0.3 is 17.1 Å². The van der Waals surface area contributed by atoms with E-state index in [1.807, 2.05) is 0 Å². The van der Waals surface area contributed by atoms with E-state index in [9.17, 15) is 0 Å². The molecule has 0 saturated heterocycles. The van der Waals surface area contributed by atoms with Gasteiger partial charge in [-0.3, -0.25) is 0 Å². The van der Waals surface area contributed by atoms with E-state index in [0.29, 0.717) is 6.61 Å². The molecule has 0 aliphatic rings. The van der Waals surface area contributed by atoms with Crippen molar-refractivity contribution in [2.75, 3.05) is 6.61 Å². The number of carboxylic acid groups (broad SMARTS) is 2. The molecule has 0 unspecified atom stereocenters. The van der Waals surface area contributed by atoms with E-state index in [1.54, 1.807) is 0 Å². The van der Waals surface area contributed by atoms with E-state index in [0.717, 1.165) is 12.8 Å². The van der Waals surface area contributed by atoms with Gasteiger partial charge in [0.15, 0.2) is 0 Å². The Hall–Kier alpha value is -0.251. The van der Waals surface area contributed by atoms with E-state index < -0.39 is 6.16 Å². The molecule has 0 fully saturated rings. The van der Waals surface area contributed by atoms with Gasteiger partial charge in [-0.1, -0.05) is 19.8 Å². The zero-order valence-corrected chi connectivity index (χ0v) is 7.24. The summed E-state index contributed by atoms with van der Waals surface area (Å²) >= 11 is 0. The maximum atomic E-state index is 8.33. The zero-order chi connectivity index (χ0) is 8.41. The van der Waals surface area contributed by atoms with Crippen LogP contribution in [0.15, 0.2) is 0 Å². The van der Waals surface area contributed by atoms with Gasteiger partial charge in [0.1, 0.15) is 0 Å². The first-order valence-electron chi connectivity index (χ1n) is 3.14. The molecular formula is C6H12CuO4. The topological polar surface area (TPSA) is 83.4 Å². The first-order valence-corrected chi connectivity index (χ1v) is 3.14. The van der Waals surface area contributed by atoms with E-state index >= 15 is 0 Å². The first-order chi connectivity index (χ1) is 4.65. The fourth-order valence-electron chi connectivity index (χ4n) is 0.362. The first kappa shape index (κ1) is 17.0. The third-order valence-electron chi connectivity index (χ3n) is 0.762. The Morgan fingerprint density at radius 3 is 1.82 bits per heavy atom. The number of hydrogen-bond acceptors (Lipinski definition) is 4. The molecule has 0 spiro atoms. The molecule has 0 atom stereocenters. The zero-order valence-electron chi connectivity index (χ0n) is 6.30. The van der Waals surface area contributed by atoms with Gasteiger partial charge in [-0.05, 0) is 12.6 Å². The third-order valence-corrected chi connectivity index (χ3v) is 0.762. The van der Waals surface area contributed by atoms with Crippen LogP contribution >= 0.6 is 0 Å². The average molecular weight is 212 g/mol. The van der Waals surface area contributed by atoms with Crippen LogP contribution in [0.25, 0.3) is 0 Å². The van der Waals surface area contributed by atoms with Crippen LogP contribution in [-0.4, -0.2) is 17.9 Å². The van der Waals surface area contributed by atoms with E-state index in [-0.39, 0.29) is 17.1 Å². The Kier molecular flexibility index (Phi) is 25.3. The summed E-state index contributed by atoms with van der Waals surface area (Å²) in [5.41, 5.74) is 0. The average Bonchev–Trinajstić information content (AvgIpc) is 1.82. The molecule has 0 aromatic carbocycles. The quantitative estimate of drug-likeness (QED) is 0.466. The number of carbonyl (C=O) groups excluding carboxylic acids is 1. The Balaban J connectivity index is -0.000000114. The van der Waals surface area contributed by atoms with Crippen molar-refractivity contribution in [2.24, 2.45) is 0 Å². The molecule has 0 aromatic heterocycles. The largest absolute Gasteiger partial charge is 2.00 e. The molecule has 0 bridgehead atoms. The van der Waals surface area contributed by atoms with Crippen LogP contribution in [0.3, 0.4) is 0 Å². The Morgan fingerprint density at radius 1 is 1.36 bits per heavy atom. The summed E-state index contributed by atoms with van der Waals surface area (Å²) in [7, 11) is 0. The molecule has 0 amide bonds. The summed E-state index contributed by atoms with van der Waals surface area (Å²) in [5.74, 6) is 0. The number of unbranched alkanes of at least 4 members (excludes halogenated alkanes) is 2. The second-order valence-corrected chi connectivity index (χ2v) is 1.68.